The molecule has 0 aliphatic carbocycles. The first-order chi connectivity index (χ1) is 9.83. The van der Waals surface area contributed by atoms with E-state index in [1.807, 2.05) is 35.8 Å². The van der Waals surface area contributed by atoms with Gasteiger partial charge in [0.1, 0.15) is 0 Å². The smallest absolute Gasteiger partial charge is 0.0794 e. The van der Waals surface area contributed by atoms with Gasteiger partial charge >= 0.3 is 0 Å². The fourth-order valence-electron chi connectivity index (χ4n) is 2.14. The number of fused-ring (bicyclic) bond motifs is 1. The van der Waals surface area contributed by atoms with Crippen molar-refractivity contribution in [2.75, 3.05) is 12.3 Å². The molecule has 3 rings (SSSR count). The normalized spacial score (nSPS) is 11.0. The Morgan fingerprint density at radius 2 is 2.10 bits per heavy atom. The summed E-state index contributed by atoms with van der Waals surface area (Å²) in [7, 11) is 0. The van der Waals surface area contributed by atoms with E-state index in [-0.39, 0.29) is 0 Å². The van der Waals surface area contributed by atoms with Crippen molar-refractivity contribution in [3.05, 3.63) is 52.6 Å². The van der Waals surface area contributed by atoms with Crippen LogP contribution in [0.25, 0.3) is 10.9 Å². The summed E-state index contributed by atoms with van der Waals surface area (Å²) in [5.41, 5.74) is 11.8. The Bertz CT molecular complexity index is 694. The summed E-state index contributed by atoms with van der Waals surface area (Å²) in [5, 5.41) is 6.47. The Labute approximate surface area is 121 Å². The van der Waals surface area contributed by atoms with Crippen LogP contribution in [-0.4, -0.2) is 16.5 Å². The number of hydrogen-bond acceptors (Lipinski definition) is 5. The number of nitrogen functional groups attached to an aromatic ring is 1. The van der Waals surface area contributed by atoms with Gasteiger partial charge in [-0.2, -0.15) is 0 Å². The molecule has 102 valence electrons. The lowest BCUT2D eigenvalue weighted by atomic mass is 10.1. The first-order valence-corrected chi connectivity index (χ1v) is 7.49. The van der Waals surface area contributed by atoms with Crippen molar-refractivity contribution in [3.8, 4) is 0 Å². The Balaban J connectivity index is 1.63. The monoisotopic (exact) mass is 284 g/mol. The molecule has 2 aromatic heterocycles. The minimum atomic E-state index is 0.721. The number of nitrogens with two attached hydrogens (primary N) is 1. The maximum absolute atomic E-state index is 6.06. The number of hydrogen-bond donors (Lipinski definition) is 2. The van der Waals surface area contributed by atoms with E-state index in [9.17, 15) is 0 Å². The average Bonchev–Trinajstić information content (AvgIpc) is 2.97. The fraction of sp³-hybridized carbons (Fsp3) is 0.200. The number of thiazole rings is 1. The maximum Gasteiger partial charge on any atom is 0.0794 e. The van der Waals surface area contributed by atoms with Crippen LogP contribution in [0.1, 0.15) is 11.4 Å². The number of benzene rings is 1. The minimum Gasteiger partial charge on any atom is -0.398 e. The van der Waals surface area contributed by atoms with Crippen LogP contribution in [0.3, 0.4) is 0 Å². The Morgan fingerprint density at radius 1 is 1.20 bits per heavy atom. The average molecular weight is 284 g/mol. The van der Waals surface area contributed by atoms with Gasteiger partial charge in [0.05, 0.1) is 22.4 Å². The van der Waals surface area contributed by atoms with Crippen molar-refractivity contribution in [3.63, 3.8) is 0 Å². The van der Waals surface area contributed by atoms with Gasteiger partial charge in [-0.1, -0.05) is 18.2 Å². The number of aromatic nitrogens is 2. The van der Waals surface area contributed by atoms with Gasteiger partial charge in [0.25, 0.3) is 0 Å². The van der Waals surface area contributed by atoms with Crippen LogP contribution in [0.15, 0.2) is 41.2 Å². The molecular formula is C15H16N4S. The number of rotatable bonds is 5. The minimum absolute atomic E-state index is 0.721. The maximum atomic E-state index is 6.06. The third-order valence-corrected chi connectivity index (χ3v) is 3.78. The number of nitrogens with zero attached hydrogens (tertiary/aromatic N) is 2. The largest absolute Gasteiger partial charge is 0.398 e. The lowest BCUT2D eigenvalue weighted by molar-refractivity contribution is 0.672. The summed E-state index contributed by atoms with van der Waals surface area (Å²) in [6, 6.07) is 9.89. The molecule has 3 aromatic rings. The van der Waals surface area contributed by atoms with Crippen LogP contribution in [0.5, 0.6) is 0 Å². The zero-order chi connectivity index (χ0) is 13.8. The zero-order valence-electron chi connectivity index (χ0n) is 11.0. The van der Waals surface area contributed by atoms with Gasteiger partial charge in [0, 0.05) is 36.0 Å². The molecule has 0 amide bonds. The van der Waals surface area contributed by atoms with E-state index < -0.39 is 0 Å². The number of nitrogens with one attached hydrogen (secondary N) is 1. The molecule has 0 spiro atoms. The quantitative estimate of drug-likeness (QED) is 0.707. The highest BCUT2D eigenvalue weighted by molar-refractivity contribution is 7.07. The van der Waals surface area contributed by atoms with Crippen LogP contribution in [0, 0.1) is 0 Å². The van der Waals surface area contributed by atoms with Gasteiger partial charge in [-0.15, -0.1) is 11.3 Å². The van der Waals surface area contributed by atoms with Gasteiger partial charge in [-0.3, -0.25) is 4.98 Å². The molecule has 20 heavy (non-hydrogen) atoms. The number of para-hydroxylation sites is 1. The molecule has 0 unspecified atom stereocenters. The molecule has 0 saturated carbocycles. The van der Waals surface area contributed by atoms with Crippen molar-refractivity contribution in [1.29, 1.82) is 0 Å². The molecule has 3 N–H and O–H groups in total. The standard InChI is InChI=1S/C15H16N4S/c16-14-7-12(19-15-4-2-1-3-13(14)15)8-17-6-5-11-9-20-10-18-11/h1-4,7,9-10,17H,5-6,8H2,(H2,16,19). The summed E-state index contributed by atoms with van der Waals surface area (Å²) in [5.74, 6) is 0. The van der Waals surface area contributed by atoms with E-state index in [1.54, 1.807) is 11.3 Å². The topological polar surface area (TPSA) is 63.8 Å². The predicted octanol–water partition coefficient (Wildman–Crippen LogP) is 2.61. The molecule has 2 heterocycles. The van der Waals surface area contributed by atoms with Gasteiger partial charge in [-0.25, -0.2) is 4.98 Å². The summed E-state index contributed by atoms with van der Waals surface area (Å²) in [4.78, 5) is 8.87. The lowest BCUT2D eigenvalue weighted by Crippen LogP contribution is -2.17. The van der Waals surface area contributed by atoms with E-state index >= 15 is 0 Å². The summed E-state index contributed by atoms with van der Waals surface area (Å²) in [6.07, 6.45) is 0.937. The lowest BCUT2D eigenvalue weighted by Gasteiger charge is -2.07. The summed E-state index contributed by atoms with van der Waals surface area (Å²) >= 11 is 1.63. The third-order valence-electron chi connectivity index (χ3n) is 3.15. The number of anilines is 1. The predicted molar refractivity (Wildman–Crippen MR) is 83.7 cm³/mol. The SMILES string of the molecule is Nc1cc(CNCCc2cscn2)nc2ccccc12. The molecule has 0 bridgehead atoms. The molecule has 0 saturated heterocycles. The first-order valence-electron chi connectivity index (χ1n) is 6.55. The van der Waals surface area contributed by atoms with E-state index in [4.69, 9.17) is 5.73 Å². The molecule has 5 heteroatoms. The molecule has 0 atom stereocenters. The van der Waals surface area contributed by atoms with E-state index in [2.05, 4.69) is 20.7 Å². The van der Waals surface area contributed by atoms with E-state index in [0.29, 0.717) is 0 Å². The fourth-order valence-corrected chi connectivity index (χ4v) is 2.74. The second-order valence-electron chi connectivity index (χ2n) is 4.63. The van der Waals surface area contributed by atoms with Crippen molar-refractivity contribution in [1.82, 2.24) is 15.3 Å². The molecule has 0 fully saturated rings. The first kappa shape index (κ1) is 13.0. The molecule has 1 aromatic carbocycles. The van der Waals surface area contributed by atoms with Crippen LogP contribution in [-0.2, 0) is 13.0 Å². The highest BCUT2D eigenvalue weighted by atomic mass is 32.1. The van der Waals surface area contributed by atoms with Crippen molar-refractivity contribution in [2.45, 2.75) is 13.0 Å². The summed E-state index contributed by atoms with van der Waals surface area (Å²) in [6.45, 7) is 1.61. The zero-order valence-corrected chi connectivity index (χ0v) is 11.9. The van der Waals surface area contributed by atoms with Crippen LogP contribution >= 0.6 is 11.3 Å². The summed E-state index contributed by atoms with van der Waals surface area (Å²) < 4.78 is 0. The Hall–Kier alpha value is -1.98. The second-order valence-corrected chi connectivity index (χ2v) is 5.35. The van der Waals surface area contributed by atoms with Crippen molar-refractivity contribution < 1.29 is 0 Å². The van der Waals surface area contributed by atoms with Gasteiger partial charge in [0.15, 0.2) is 0 Å². The van der Waals surface area contributed by atoms with E-state index in [0.717, 1.165) is 47.5 Å². The number of pyridine rings is 1. The van der Waals surface area contributed by atoms with Gasteiger partial charge in [0.2, 0.25) is 0 Å². The van der Waals surface area contributed by atoms with Gasteiger partial charge in [-0.05, 0) is 12.1 Å². The molecular weight excluding hydrogens is 268 g/mol. The van der Waals surface area contributed by atoms with Crippen LogP contribution < -0.4 is 11.1 Å². The molecule has 0 aliphatic rings. The van der Waals surface area contributed by atoms with Gasteiger partial charge < -0.3 is 11.1 Å². The third kappa shape index (κ3) is 2.95. The van der Waals surface area contributed by atoms with Crippen LogP contribution in [0.2, 0.25) is 0 Å². The highest BCUT2D eigenvalue weighted by Crippen LogP contribution is 2.19. The second kappa shape index (κ2) is 5.98. The van der Waals surface area contributed by atoms with Crippen LogP contribution in [0.4, 0.5) is 5.69 Å². The Morgan fingerprint density at radius 3 is 2.95 bits per heavy atom. The Kier molecular flexibility index (Phi) is 3.90. The molecule has 0 radical (unpaired) electrons. The molecule has 4 nitrogen and oxygen atoms in total. The van der Waals surface area contributed by atoms with E-state index in [1.165, 1.54) is 0 Å². The van der Waals surface area contributed by atoms with Crippen molar-refractivity contribution >= 4 is 27.9 Å². The molecule has 0 aliphatic heterocycles. The van der Waals surface area contributed by atoms with Crippen molar-refractivity contribution in [2.24, 2.45) is 0 Å². The highest BCUT2D eigenvalue weighted by Gasteiger charge is 2.02.